The van der Waals surface area contributed by atoms with Gasteiger partial charge < -0.3 is 10.4 Å². The zero-order valence-corrected chi connectivity index (χ0v) is 15.5. The van der Waals surface area contributed by atoms with Gasteiger partial charge in [-0.1, -0.05) is 12.1 Å². The molecule has 1 amide bonds. The van der Waals surface area contributed by atoms with Crippen LogP contribution in [0.3, 0.4) is 0 Å². The van der Waals surface area contributed by atoms with E-state index in [2.05, 4.69) is 15.5 Å². The Balaban J connectivity index is 1.77. The number of aliphatic carboxylic acids is 1. The van der Waals surface area contributed by atoms with Gasteiger partial charge in [0.1, 0.15) is 11.5 Å². The van der Waals surface area contributed by atoms with Crippen molar-refractivity contribution in [3.8, 4) is 0 Å². The molecular formula is C19H20FN5O3. The Morgan fingerprint density at radius 3 is 2.54 bits per heavy atom. The SMILES string of the molecule is Cc1nn(Cc2ccc(F)cc2)c(C)c1NC(=O)c1ccnn1CCC(=O)O. The van der Waals surface area contributed by atoms with Crippen LogP contribution >= 0.6 is 0 Å². The summed E-state index contributed by atoms with van der Waals surface area (Å²) in [7, 11) is 0. The minimum absolute atomic E-state index is 0.104. The lowest BCUT2D eigenvalue weighted by Crippen LogP contribution is -2.19. The van der Waals surface area contributed by atoms with Gasteiger partial charge in [-0.05, 0) is 37.6 Å². The highest BCUT2D eigenvalue weighted by atomic mass is 19.1. The van der Waals surface area contributed by atoms with Gasteiger partial charge in [0.2, 0.25) is 0 Å². The minimum atomic E-state index is -0.962. The first kappa shape index (κ1) is 19.3. The molecule has 28 heavy (non-hydrogen) atoms. The summed E-state index contributed by atoms with van der Waals surface area (Å²) in [5.74, 6) is -1.66. The van der Waals surface area contributed by atoms with Gasteiger partial charge in [-0.3, -0.25) is 19.0 Å². The van der Waals surface area contributed by atoms with Crippen LogP contribution in [0.25, 0.3) is 0 Å². The van der Waals surface area contributed by atoms with Crippen molar-refractivity contribution >= 4 is 17.6 Å². The molecule has 3 aromatic rings. The zero-order chi connectivity index (χ0) is 20.3. The smallest absolute Gasteiger partial charge is 0.305 e. The molecule has 0 atom stereocenters. The summed E-state index contributed by atoms with van der Waals surface area (Å²) in [5.41, 5.74) is 3.14. The second-order valence-corrected chi connectivity index (χ2v) is 6.37. The molecule has 2 aromatic heterocycles. The van der Waals surface area contributed by atoms with Crippen LogP contribution in [-0.2, 0) is 17.9 Å². The number of hydrogen-bond acceptors (Lipinski definition) is 4. The van der Waals surface area contributed by atoms with Crippen LogP contribution in [0.15, 0.2) is 36.5 Å². The topological polar surface area (TPSA) is 102 Å². The number of carbonyl (C=O) groups is 2. The molecule has 0 spiro atoms. The van der Waals surface area contributed by atoms with E-state index in [1.807, 2.05) is 6.92 Å². The number of benzene rings is 1. The van der Waals surface area contributed by atoms with Gasteiger partial charge in [-0.25, -0.2) is 4.39 Å². The quantitative estimate of drug-likeness (QED) is 0.651. The summed E-state index contributed by atoms with van der Waals surface area (Å²) in [6, 6.07) is 7.69. The maximum absolute atomic E-state index is 13.1. The molecule has 1 aromatic carbocycles. The third kappa shape index (κ3) is 4.25. The highest BCUT2D eigenvalue weighted by Gasteiger charge is 2.18. The molecule has 0 saturated heterocycles. The van der Waals surface area contributed by atoms with Gasteiger partial charge in [-0.2, -0.15) is 10.2 Å². The Bertz CT molecular complexity index is 1010. The second-order valence-electron chi connectivity index (χ2n) is 6.37. The Labute approximate surface area is 160 Å². The molecule has 8 nitrogen and oxygen atoms in total. The van der Waals surface area contributed by atoms with E-state index in [4.69, 9.17) is 5.11 Å². The lowest BCUT2D eigenvalue weighted by atomic mass is 10.2. The van der Waals surface area contributed by atoms with E-state index < -0.39 is 11.9 Å². The number of carboxylic acid groups (broad SMARTS) is 1. The highest BCUT2D eigenvalue weighted by Crippen LogP contribution is 2.21. The molecular weight excluding hydrogens is 365 g/mol. The van der Waals surface area contributed by atoms with Gasteiger partial charge >= 0.3 is 5.97 Å². The number of hydrogen-bond donors (Lipinski definition) is 2. The average molecular weight is 385 g/mol. The average Bonchev–Trinajstić information content (AvgIpc) is 3.22. The number of nitrogens with one attached hydrogen (secondary N) is 1. The van der Waals surface area contributed by atoms with Crippen LogP contribution in [0.5, 0.6) is 0 Å². The summed E-state index contributed by atoms with van der Waals surface area (Å²) in [6.07, 6.45) is 1.32. The monoisotopic (exact) mass is 385 g/mol. The van der Waals surface area contributed by atoms with E-state index in [1.165, 1.54) is 29.1 Å². The number of amides is 1. The van der Waals surface area contributed by atoms with Crippen molar-refractivity contribution in [3.63, 3.8) is 0 Å². The number of aryl methyl sites for hydroxylation is 2. The number of anilines is 1. The number of aromatic nitrogens is 4. The van der Waals surface area contributed by atoms with Crippen molar-refractivity contribution in [3.05, 3.63) is 65.0 Å². The number of nitrogens with zero attached hydrogens (tertiary/aromatic N) is 4. The standard InChI is InChI=1S/C19H20FN5O3/c1-12-18(13(2)25(23-12)11-14-3-5-15(20)6-4-14)22-19(28)16-7-9-21-24(16)10-8-17(26)27/h3-7,9H,8,10-11H2,1-2H3,(H,22,28)(H,26,27). The van der Waals surface area contributed by atoms with E-state index in [0.29, 0.717) is 17.9 Å². The molecule has 0 bridgehead atoms. The summed E-state index contributed by atoms with van der Waals surface area (Å²) in [4.78, 5) is 23.4. The van der Waals surface area contributed by atoms with E-state index >= 15 is 0 Å². The van der Waals surface area contributed by atoms with Crippen LogP contribution < -0.4 is 5.32 Å². The maximum Gasteiger partial charge on any atom is 0.305 e. The molecule has 0 fully saturated rings. The summed E-state index contributed by atoms with van der Waals surface area (Å²) in [5, 5.41) is 20.1. The zero-order valence-electron chi connectivity index (χ0n) is 15.5. The Kier molecular flexibility index (Phi) is 5.53. The van der Waals surface area contributed by atoms with E-state index in [1.54, 1.807) is 23.7 Å². The van der Waals surface area contributed by atoms with E-state index in [9.17, 15) is 14.0 Å². The van der Waals surface area contributed by atoms with Crippen LogP contribution in [0, 0.1) is 19.7 Å². The first-order chi connectivity index (χ1) is 13.3. The Hall–Kier alpha value is -3.49. The maximum atomic E-state index is 13.1. The van der Waals surface area contributed by atoms with Crippen molar-refractivity contribution in [2.75, 3.05) is 5.32 Å². The largest absolute Gasteiger partial charge is 0.481 e. The van der Waals surface area contributed by atoms with E-state index in [0.717, 1.165) is 11.3 Å². The lowest BCUT2D eigenvalue weighted by Gasteiger charge is -2.09. The van der Waals surface area contributed by atoms with Crippen molar-refractivity contribution in [2.45, 2.75) is 33.4 Å². The molecule has 2 heterocycles. The third-order valence-corrected chi connectivity index (χ3v) is 4.35. The van der Waals surface area contributed by atoms with Crippen molar-refractivity contribution in [1.82, 2.24) is 19.6 Å². The van der Waals surface area contributed by atoms with Gasteiger partial charge in [0.15, 0.2) is 0 Å². The van der Waals surface area contributed by atoms with Gasteiger partial charge in [0, 0.05) is 6.20 Å². The van der Waals surface area contributed by atoms with Crippen LogP contribution in [0.4, 0.5) is 10.1 Å². The molecule has 0 aliphatic heterocycles. The first-order valence-electron chi connectivity index (χ1n) is 8.68. The predicted octanol–water partition coefficient (Wildman–Crippen LogP) is 2.61. The van der Waals surface area contributed by atoms with Crippen LogP contribution in [0.1, 0.15) is 33.9 Å². The third-order valence-electron chi connectivity index (χ3n) is 4.35. The number of rotatable bonds is 7. The molecule has 9 heteroatoms. The first-order valence-corrected chi connectivity index (χ1v) is 8.68. The highest BCUT2D eigenvalue weighted by molar-refractivity contribution is 6.03. The van der Waals surface area contributed by atoms with Gasteiger partial charge in [0.25, 0.3) is 5.91 Å². The molecule has 0 radical (unpaired) electrons. The minimum Gasteiger partial charge on any atom is -0.481 e. The summed E-state index contributed by atoms with van der Waals surface area (Å²) >= 11 is 0. The summed E-state index contributed by atoms with van der Waals surface area (Å²) < 4.78 is 16.2. The fraction of sp³-hybridized carbons (Fsp3) is 0.263. The van der Waals surface area contributed by atoms with Crippen molar-refractivity contribution in [1.29, 1.82) is 0 Å². The van der Waals surface area contributed by atoms with Crippen molar-refractivity contribution < 1.29 is 19.1 Å². The van der Waals surface area contributed by atoms with Crippen LogP contribution in [-0.4, -0.2) is 36.5 Å². The Morgan fingerprint density at radius 2 is 1.86 bits per heavy atom. The normalized spacial score (nSPS) is 10.8. The molecule has 0 saturated carbocycles. The number of carbonyl (C=O) groups excluding carboxylic acids is 1. The molecule has 3 rings (SSSR count). The van der Waals surface area contributed by atoms with E-state index in [-0.39, 0.29) is 24.5 Å². The predicted molar refractivity (Wildman–Crippen MR) is 99.6 cm³/mol. The molecule has 146 valence electrons. The number of halogens is 1. The lowest BCUT2D eigenvalue weighted by molar-refractivity contribution is -0.137. The molecule has 0 aliphatic rings. The number of carboxylic acids is 1. The fourth-order valence-electron chi connectivity index (χ4n) is 2.88. The van der Waals surface area contributed by atoms with Gasteiger partial charge in [0.05, 0.1) is 36.6 Å². The fourth-order valence-corrected chi connectivity index (χ4v) is 2.88. The van der Waals surface area contributed by atoms with Crippen LogP contribution in [0.2, 0.25) is 0 Å². The van der Waals surface area contributed by atoms with Crippen molar-refractivity contribution in [2.24, 2.45) is 0 Å². The second kappa shape index (κ2) is 8.03. The molecule has 0 aliphatic carbocycles. The van der Waals surface area contributed by atoms with Gasteiger partial charge in [-0.15, -0.1) is 0 Å². The summed E-state index contributed by atoms with van der Waals surface area (Å²) in [6.45, 7) is 4.17. The molecule has 0 unspecified atom stereocenters. The Morgan fingerprint density at radius 1 is 1.14 bits per heavy atom. The molecule has 2 N–H and O–H groups in total.